The Morgan fingerprint density at radius 1 is 1.14 bits per heavy atom. The number of imidazole rings is 1. The first-order valence-corrected chi connectivity index (χ1v) is 7.22. The molecule has 2 aromatic carbocycles. The number of nitrogens with zero attached hydrogens (tertiary/aromatic N) is 2. The lowest BCUT2D eigenvalue weighted by Crippen LogP contribution is -2.08. The number of hydrogen-bond donors (Lipinski definition) is 1. The van der Waals surface area contributed by atoms with Gasteiger partial charge in [-0.2, -0.15) is 0 Å². The summed E-state index contributed by atoms with van der Waals surface area (Å²) in [5.74, 6) is -0.00936. The van der Waals surface area contributed by atoms with Crippen molar-refractivity contribution in [3.63, 3.8) is 0 Å². The molecule has 112 valence electrons. The van der Waals surface area contributed by atoms with E-state index in [-0.39, 0.29) is 0 Å². The third-order valence-electron chi connectivity index (χ3n) is 4.13. The van der Waals surface area contributed by atoms with Crippen LogP contribution in [0.1, 0.15) is 32.9 Å². The van der Waals surface area contributed by atoms with Gasteiger partial charge in [-0.05, 0) is 55.7 Å². The van der Waals surface area contributed by atoms with E-state index < -0.39 is 5.97 Å². The van der Waals surface area contributed by atoms with Crippen LogP contribution in [0.3, 0.4) is 0 Å². The molecule has 0 aliphatic heterocycles. The zero-order chi connectivity index (χ0) is 15.9. The van der Waals surface area contributed by atoms with Gasteiger partial charge in [-0.15, -0.1) is 0 Å². The van der Waals surface area contributed by atoms with Gasteiger partial charge in [-0.25, -0.2) is 9.78 Å². The maximum absolute atomic E-state index is 11.4. The number of rotatable bonds is 3. The minimum absolute atomic E-state index is 0.340. The summed E-state index contributed by atoms with van der Waals surface area (Å²) in [6.07, 6.45) is 0. The summed E-state index contributed by atoms with van der Waals surface area (Å²) in [5.41, 5.74) is 5.54. The topological polar surface area (TPSA) is 55.1 Å². The smallest absolute Gasteiger partial charge is 0.336 e. The Balaban J connectivity index is 2.14. The Labute approximate surface area is 129 Å². The van der Waals surface area contributed by atoms with Gasteiger partial charge in [0.25, 0.3) is 0 Å². The number of carboxylic acid groups (broad SMARTS) is 1. The van der Waals surface area contributed by atoms with Gasteiger partial charge in [0.2, 0.25) is 0 Å². The third-order valence-corrected chi connectivity index (χ3v) is 4.13. The van der Waals surface area contributed by atoms with Crippen LogP contribution in [0.15, 0.2) is 36.4 Å². The first-order chi connectivity index (χ1) is 10.5. The molecule has 0 aliphatic carbocycles. The lowest BCUT2D eigenvalue weighted by Gasteiger charge is -2.10. The number of fused-ring (bicyclic) bond motifs is 1. The Morgan fingerprint density at radius 3 is 2.55 bits per heavy atom. The molecule has 0 radical (unpaired) electrons. The van der Waals surface area contributed by atoms with E-state index in [1.54, 1.807) is 12.1 Å². The molecule has 0 saturated heterocycles. The van der Waals surface area contributed by atoms with Gasteiger partial charge in [0.05, 0.1) is 23.1 Å². The summed E-state index contributed by atoms with van der Waals surface area (Å²) < 4.78 is 2.07. The van der Waals surface area contributed by atoms with E-state index in [0.717, 1.165) is 22.4 Å². The molecular formula is C18H18N2O2. The van der Waals surface area contributed by atoms with Crippen molar-refractivity contribution in [3.05, 3.63) is 64.5 Å². The van der Waals surface area contributed by atoms with Gasteiger partial charge in [0.15, 0.2) is 0 Å². The highest BCUT2D eigenvalue weighted by Crippen LogP contribution is 2.22. The van der Waals surface area contributed by atoms with E-state index in [1.807, 2.05) is 19.1 Å². The quantitative estimate of drug-likeness (QED) is 0.801. The predicted molar refractivity (Wildman–Crippen MR) is 86.4 cm³/mol. The van der Waals surface area contributed by atoms with Gasteiger partial charge >= 0.3 is 5.97 Å². The number of aromatic nitrogens is 2. The molecule has 4 nitrogen and oxygen atoms in total. The number of aryl methyl sites for hydroxylation is 3. The van der Waals surface area contributed by atoms with E-state index in [9.17, 15) is 9.90 Å². The monoisotopic (exact) mass is 294 g/mol. The van der Waals surface area contributed by atoms with E-state index in [2.05, 4.69) is 35.5 Å². The van der Waals surface area contributed by atoms with Crippen molar-refractivity contribution < 1.29 is 9.90 Å². The van der Waals surface area contributed by atoms with Crippen molar-refractivity contribution in [2.75, 3.05) is 0 Å². The number of carbonyl (C=O) groups is 1. The zero-order valence-corrected chi connectivity index (χ0v) is 12.9. The molecule has 0 fully saturated rings. The van der Waals surface area contributed by atoms with Gasteiger partial charge < -0.3 is 9.67 Å². The van der Waals surface area contributed by atoms with Crippen LogP contribution in [-0.2, 0) is 6.54 Å². The maximum Gasteiger partial charge on any atom is 0.336 e. The van der Waals surface area contributed by atoms with Crippen LogP contribution >= 0.6 is 0 Å². The molecule has 1 N–H and O–H groups in total. The van der Waals surface area contributed by atoms with Crippen molar-refractivity contribution >= 4 is 17.0 Å². The Bertz CT molecular complexity index is 878. The van der Waals surface area contributed by atoms with Gasteiger partial charge in [0, 0.05) is 0 Å². The summed E-state index contributed by atoms with van der Waals surface area (Å²) in [5, 5.41) is 9.33. The highest BCUT2D eigenvalue weighted by molar-refractivity contribution is 5.89. The second-order valence-corrected chi connectivity index (χ2v) is 5.63. The van der Waals surface area contributed by atoms with Gasteiger partial charge in [-0.1, -0.05) is 18.2 Å². The summed E-state index contributed by atoms with van der Waals surface area (Å²) in [4.78, 5) is 16.0. The molecule has 3 aromatic rings. The van der Waals surface area contributed by atoms with Crippen molar-refractivity contribution in [2.45, 2.75) is 27.3 Å². The highest BCUT2D eigenvalue weighted by Gasteiger charge is 2.13. The SMILES string of the molecule is Cc1cc2nc(C)n(Cc3ccccc3C(=O)O)c2cc1C. The van der Waals surface area contributed by atoms with Gasteiger partial charge in [0.1, 0.15) is 5.82 Å². The first-order valence-electron chi connectivity index (χ1n) is 7.22. The lowest BCUT2D eigenvalue weighted by molar-refractivity contribution is 0.0695. The van der Waals surface area contributed by atoms with Crippen molar-refractivity contribution in [1.29, 1.82) is 0 Å². The fourth-order valence-electron chi connectivity index (χ4n) is 2.74. The van der Waals surface area contributed by atoms with Crippen LogP contribution in [0, 0.1) is 20.8 Å². The molecule has 0 spiro atoms. The van der Waals surface area contributed by atoms with Crippen LogP contribution in [0.2, 0.25) is 0 Å². The molecule has 0 amide bonds. The third kappa shape index (κ3) is 2.37. The Hall–Kier alpha value is -2.62. The average molecular weight is 294 g/mol. The average Bonchev–Trinajstić information content (AvgIpc) is 2.76. The molecule has 0 atom stereocenters. The maximum atomic E-state index is 11.4. The minimum Gasteiger partial charge on any atom is -0.478 e. The van der Waals surface area contributed by atoms with Crippen molar-refractivity contribution in [3.8, 4) is 0 Å². The summed E-state index contributed by atoms with van der Waals surface area (Å²) in [6, 6.07) is 11.3. The molecule has 1 aromatic heterocycles. The standard InChI is InChI=1S/C18H18N2O2/c1-11-8-16-17(9-12(11)2)20(13(3)19-16)10-14-6-4-5-7-15(14)18(21)22/h4-9H,10H2,1-3H3,(H,21,22). The van der Waals surface area contributed by atoms with Gasteiger partial charge in [-0.3, -0.25) is 0 Å². The fourth-order valence-corrected chi connectivity index (χ4v) is 2.74. The molecule has 0 unspecified atom stereocenters. The number of hydrogen-bond acceptors (Lipinski definition) is 2. The Kier molecular flexibility index (Phi) is 3.45. The number of benzene rings is 2. The van der Waals surface area contributed by atoms with Crippen LogP contribution in [0.4, 0.5) is 0 Å². The second-order valence-electron chi connectivity index (χ2n) is 5.63. The van der Waals surface area contributed by atoms with Crippen LogP contribution in [-0.4, -0.2) is 20.6 Å². The minimum atomic E-state index is -0.898. The molecule has 4 heteroatoms. The summed E-state index contributed by atoms with van der Waals surface area (Å²) in [7, 11) is 0. The number of aromatic carboxylic acids is 1. The van der Waals surface area contributed by atoms with Crippen LogP contribution in [0.25, 0.3) is 11.0 Å². The normalized spacial score (nSPS) is 11.0. The van der Waals surface area contributed by atoms with E-state index in [4.69, 9.17) is 0 Å². The molecule has 0 saturated carbocycles. The van der Waals surface area contributed by atoms with E-state index in [1.165, 1.54) is 11.1 Å². The molecule has 22 heavy (non-hydrogen) atoms. The largest absolute Gasteiger partial charge is 0.478 e. The van der Waals surface area contributed by atoms with E-state index >= 15 is 0 Å². The lowest BCUT2D eigenvalue weighted by atomic mass is 10.1. The predicted octanol–water partition coefficient (Wildman–Crippen LogP) is 3.71. The van der Waals surface area contributed by atoms with Crippen LogP contribution < -0.4 is 0 Å². The molecule has 0 aliphatic rings. The molecule has 1 heterocycles. The highest BCUT2D eigenvalue weighted by atomic mass is 16.4. The molecular weight excluding hydrogens is 276 g/mol. The zero-order valence-electron chi connectivity index (χ0n) is 12.9. The van der Waals surface area contributed by atoms with E-state index in [0.29, 0.717) is 12.1 Å². The molecule has 0 bridgehead atoms. The Morgan fingerprint density at radius 2 is 1.82 bits per heavy atom. The second kappa shape index (κ2) is 5.30. The first kappa shape index (κ1) is 14.3. The van der Waals surface area contributed by atoms with Crippen molar-refractivity contribution in [2.24, 2.45) is 0 Å². The summed E-state index contributed by atoms with van der Waals surface area (Å²) >= 11 is 0. The number of carboxylic acids is 1. The summed E-state index contributed by atoms with van der Waals surface area (Å²) in [6.45, 7) is 6.61. The fraction of sp³-hybridized carbons (Fsp3) is 0.222. The molecule has 3 rings (SSSR count). The van der Waals surface area contributed by atoms with Crippen LogP contribution in [0.5, 0.6) is 0 Å². The van der Waals surface area contributed by atoms with Crippen molar-refractivity contribution in [1.82, 2.24) is 9.55 Å².